The van der Waals surface area contributed by atoms with Crippen LogP contribution in [0.15, 0.2) is 0 Å². The molecule has 1 aromatic heterocycles. The Hall–Kier alpha value is -0.760. The monoisotopic (exact) mass is 204 g/mol. The van der Waals surface area contributed by atoms with Gasteiger partial charge in [-0.1, -0.05) is 6.42 Å². The molecule has 2 aliphatic rings. The highest BCUT2D eigenvalue weighted by atomic mass is 14.8. The van der Waals surface area contributed by atoms with Crippen molar-refractivity contribution in [3.05, 3.63) is 22.5 Å². The lowest BCUT2D eigenvalue weighted by Crippen LogP contribution is -2.13. The van der Waals surface area contributed by atoms with Gasteiger partial charge in [-0.25, -0.2) is 0 Å². The van der Waals surface area contributed by atoms with E-state index in [1.165, 1.54) is 44.2 Å². The number of aromatic amines is 1. The number of hydrogen-bond donors (Lipinski definition) is 2. The molecule has 15 heavy (non-hydrogen) atoms. The summed E-state index contributed by atoms with van der Waals surface area (Å²) in [5, 5.41) is 0. The highest BCUT2D eigenvalue weighted by Crippen LogP contribution is 2.40. The fraction of sp³-hybridized carbons (Fsp3) is 0.692. The highest BCUT2D eigenvalue weighted by Gasteiger charge is 2.28. The average Bonchev–Trinajstić information content (AvgIpc) is 2.67. The van der Waals surface area contributed by atoms with Crippen LogP contribution in [-0.4, -0.2) is 11.5 Å². The molecule has 1 aromatic rings. The molecule has 1 fully saturated rings. The van der Waals surface area contributed by atoms with Crippen LogP contribution in [0.3, 0.4) is 0 Å². The largest absolute Gasteiger partial charge is 0.362 e. The van der Waals surface area contributed by atoms with Gasteiger partial charge in [0.15, 0.2) is 0 Å². The Kier molecular flexibility index (Phi) is 2.32. The van der Waals surface area contributed by atoms with E-state index in [1.807, 2.05) is 0 Å². The van der Waals surface area contributed by atoms with Crippen LogP contribution in [0.2, 0.25) is 0 Å². The van der Waals surface area contributed by atoms with Gasteiger partial charge in [0.1, 0.15) is 0 Å². The predicted molar refractivity (Wildman–Crippen MR) is 62.2 cm³/mol. The summed E-state index contributed by atoms with van der Waals surface area (Å²) in [6, 6.07) is 0. The molecule has 0 unspecified atom stereocenters. The van der Waals surface area contributed by atoms with Crippen molar-refractivity contribution in [2.24, 2.45) is 5.73 Å². The Balaban J connectivity index is 1.97. The molecule has 0 aliphatic heterocycles. The number of fused-ring (bicyclic) bond motifs is 1. The minimum absolute atomic E-state index is 0.796. The summed E-state index contributed by atoms with van der Waals surface area (Å²) in [6.45, 7) is 0.796. The van der Waals surface area contributed by atoms with E-state index in [9.17, 15) is 0 Å². The molecule has 0 aromatic carbocycles. The number of nitrogens with one attached hydrogen (secondary N) is 1. The molecule has 0 saturated heterocycles. The minimum atomic E-state index is 0.796. The number of aromatic nitrogens is 1. The Labute approximate surface area is 91.3 Å². The first-order chi connectivity index (χ1) is 7.40. The predicted octanol–water partition coefficient (Wildman–Crippen LogP) is 2.27. The normalized spacial score (nSPS) is 20.3. The first-order valence-electron chi connectivity index (χ1n) is 6.32. The van der Waals surface area contributed by atoms with Crippen LogP contribution in [0.1, 0.15) is 54.1 Å². The van der Waals surface area contributed by atoms with Crippen molar-refractivity contribution in [2.45, 2.75) is 50.9 Å². The van der Waals surface area contributed by atoms with Gasteiger partial charge in [0.25, 0.3) is 0 Å². The standard InChI is InChI=1S/C13H20N2/c14-8-7-11-10-5-2-6-12(10)15-13(11)9-3-1-4-9/h9,15H,1-8,14H2. The van der Waals surface area contributed by atoms with Crippen molar-refractivity contribution >= 4 is 0 Å². The van der Waals surface area contributed by atoms with E-state index in [0.29, 0.717) is 0 Å². The third kappa shape index (κ3) is 1.43. The van der Waals surface area contributed by atoms with Crippen molar-refractivity contribution in [3.63, 3.8) is 0 Å². The molecule has 1 heterocycles. The van der Waals surface area contributed by atoms with Gasteiger partial charge in [-0.3, -0.25) is 0 Å². The molecule has 0 amide bonds. The maximum Gasteiger partial charge on any atom is 0.0216 e. The summed E-state index contributed by atoms with van der Waals surface area (Å²) in [5.74, 6) is 0.831. The van der Waals surface area contributed by atoms with Crippen LogP contribution in [0, 0.1) is 0 Å². The summed E-state index contributed by atoms with van der Waals surface area (Å²) < 4.78 is 0. The molecule has 3 rings (SSSR count). The van der Waals surface area contributed by atoms with Gasteiger partial charge in [0.05, 0.1) is 0 Å². The number of H-pyrrole nitrogens is 1. The summed E-state index contributed by atoms with van der Waals surface area (Å²) in [7, 11) is 0. The van der Waals surface area contributed by atoms with E-state index in [4.69, 9.17) is 5.73 Å². The van der Waals surface area contributed by atoms with Crippen LogP contribution in [-0.2, 0) is 19.3 Å². The Morgan fingerprint density at radius 1 is 1.20 bits per heavy atom. The van der Waals surface area contributed by atoms with E-state index in [1.54, 1.807) is 16.8 Å². The Morgan fingerprint density at radius 2 is 2.07 bits per heavy atom. The van der Waals surface area contributed by atoms with Crippen LogP contribution >= 0.6 is 0 Å². The van der Waals surface area contributed by atoms with Crippen LogP contribution < -0.4 is 5.73 Å². The molecule has 3 N–H and O–H groups in total. The van der Waals surface area contributed by atoms with Gasteiger partial charge in [-0.15, -0.1) is 0 Å². The van der Waals surface area contributed by atoms with Crippen molar-refractivity contribution in [3.8, 4) is 0 Å². The quantitative estimate of drug-likeness (QED) is 0.779. The first-order valence-corrected chi connectivity index (χ1v) is 6.32. The first kappa shape index (κ1) is 9.46. The summed E-state index contributed by atoms with van der Waals surface area (Å²) in [4.78, 5) is 3.69. The SMILES string of the molecule is NCCc1c(C2CCC2)[nH]c2c1CCC2. The van der Waals surface area contributed by atoms with Crippen molar-refractivity contribution in [2.75, 3.05) is 6.54 Å². The molecule has 0 spiro atoms. The third-order valence-electron chi connectivity index (χ3n) is 4.10. The van der Waals surface area contributed by atoms with Gasteiger partial charge in [0, 0.05) is 11.4 Å². The Morgan fingerprint density at radius 3 is 2.73 bits per heavy atom. The smallest absolute Gasteiger partial charge is 0.0216 e. The molecule has 2 nitrogen and oxygen atoms in total. The van der Waals surface area contributed by atoms with Crippen LogP contribution in [0.4, 0.5) is 0 Å². The molecular formula is C13H20N2. The lowest BCUT2D eigenvalue weighted by atomic mass is 9.80. The number of hydrogen-bond acceptors (Lipinski definition) is 1. The van der Waals surface area contributed by atoms with E-state index >= 15 is 0 Å². The number of nitrogens with two attached hydrogens (primary N) is 1. The molecule has 2 heteroatoms. The number of aryl methyl sites for hydroxylation is 1. The zero-order valence-electron chi connectivity index (χ0n) is 9.31. The van der Waals surface area contributed by atoms with Crippen molar-refractivity contribution < 1.29 is 0 Å². The second-order valence-electron chi connectivity index (χ2n) is 4.99. The van der Waals surface area contributed by atoms with E-state index < -0.39 is 0 Å². The van der Waals surface area contributed by atoms with Gasteiger partial charge in [0.2, 0.25) is 0 Å². The third-order valence-corrected chi connectivity index (χ3v) is 4.10. The van der Waals surface area contributed by atoms with Gasteiger partial charge in [-0.05, 0) is 62.1 Å². The van der Waals surface area contributed by atoms with Crippen molar-refractivity contribution in [1.29, 1.82) is 0 Å². The molecule has 1 saturated carbocycles. The summed E-state index contributed by atoms with van der Waals surface area (Å²) >= 11 is 0. The van der Waals surface area contributed by atoms with Gasteiger partial charge < -0.3 is 10.7 Å². The van der Waals surface area contributed by atoms with Gasteiger partial charge >= 0.3 is 0 Å². The molecule has 82 valence electrons. The average molecular weight is 204 g/mol. The molecule has 0 radical (unpaired) electrons. The minimum Gasteiger partial charge on any atom is -0.362 e. The molecule has 0 bridgehead atoms. The zero-order valence-corrected chi connectivity index (χ0v) is 9.31. The topological polar surface area (TPSA) is 41.8 Å². The second-order valence-corrected chi connectivity index (χ2v) is 4.99. The fourth-order valence-corrected chi connectivity index (χ4v) is 3.09. The maximum atomic E-state index is 5.73. The van der Waals surface area contributed by atoms with E-state index in [2.05, 4.69) is 4.98 Å². The maximum absolute atomic E-state index is 5.73. The van der Waals surface area contributed by atoms with Crippen LogP contribution in [0.25, 0.3) is 0 Å². The van der Waals surface area contributed by atoms with Crippen LogP contribution in [0.5, 0.6) is 0 Å². The molecule has 0 atom stereocenters. The lowest BCUT2D eigenvalue weighted by molar-refractivity contribution is 0.409. The van der Waals surface area contributed by atoms with E-state index in [-0.39, 0.29) is 0 Å². The summed E-state index contributed by atoms with van der Waals surface area (Å²) in [6.07, 6.45) is 9.15. The number of rotatable bonds is 3. The zero-order chi connectivity index (χ0) is 10.3. The van der Waals surface area contributed by atoms with Crippen molar-refractivity contribution in [1.82, 2.24) is 4.98 Å². The fourth-order valence-electron chi connectivity index (χ4n) is 3.09. The Bertz CT molecular complexity index is 361. The second kappa shape index (κ2) is 3.67. The van der Waals surface area contributed by atoms with Gasteiger partial charge in [-0.2, -0.15) is 0 Å². The molecule has 2 aliphatic carbocycles. The highest BCUT2D eigenvalue weighted by molar-refractivity contribution is 5.42. The summed E-state index contributed by atoms with van der Waals surface area (Å²) in [5.41, 5.74) is 12.0. The lowest BCUT2D eigenvalue weighted by Gasteiger charge is -2.26. The molecular weight excluding hydrogens is 184 g/mol. The van der Waals surface area contributed by atoms with E-state index in [0.717, 1.165) is 18.9 Å².